The van der Waals surface area contributed by atoms with Crippen molar-refractivity contribution in [3.05, 3.63) is 58.7 Å². The number of aryl methyl sites for hydroxylation is 2. The van der Waals surface area contributed by atoms with Crippen LogP contribution in [0.2, 0.25) is 0 Å². The number of nitrogens with one attached hydrogen (secondary N) is 1. The quantitative estimate of drug-likeness (QED) is 0.530. The Balaban J connectivity index is 1.43. The maximum Gasteiger partial charge on any atom is 0.307 e. The second kappa shape index (κ2) is 9.43. The Morgan fingerprint density at radius 3 is 2.60 bits per heavy atom. The van der Waals surface area contributed by atoms with E-state index in [0.29, 0.717) is 17.1 Å². The van der Waals surface area contributed by atoms with Gasteiger partial charge in [0.05, 0.1) is 6.42 Å². The van der Waals surface area contributed by atoms with E-state index in [9.17, 15) is 14.4 Å². The molecule has 0 fully saturated rings. The number of esters is 1. The van der Waals surface area contributed by atoms with E-state index in [1.807, 2.05) is 38.1 Å². The highest BCUT2D eigenvalue weighted by molar-refractivity contribution is 5.99. The number of Topliss-reactive ketones (excluding diaryl/α,β-unsaturated/α-hetero) is 1. The van der Waals surface area contributed by atoms with Crippen molar-refractivity contribution in [1.82, 2.24) is 5.32 Å². The molecule has 0 aliphatic carbocycles. The molecular formula is C23H25NO6. The third kappa shape index (κ3) is 5.37. The van der Waals surface area contributed by atoms with Crippen LogP contribution < -0.4 is 14.8 Å². The van der Waals surface area contributed by atoms with Gasteiger partial charge in [0.25, 0.3) is 5.91 Å². The lowest BCUT2D eigenvalue weighted by Gasteiger charge is -2.14. The van der Waals surface area contributed by atoms with Crippen molar-refractivity contribution in [2.24, 2.45) is 0 Å². The van der Waals surface area contributed by atoms with Crippen LogP contribution >= 0.6 is 0 Å². The standard InChI is InChI=1S/C23H25NO6/c1-14-4-5-15(2)18(10-14)19(25)7-9-22(26)30-16(3)23(27)24-12-17-6-8-20-21(11-17)29-13-28-20/h4-6,8,10-11,16H,7,9,12-13H2,1-3H3,(H,24,27)/t16-/m1/s1. The molecule has 0 aromatic heterocycles. The molecule has 1 heterocycles. The van der Waals surface area contributed by atoms with Crippen LogP contribution in [-0.2, 0) is 20.9 Å². The van der Waals surface area contributed by atoms with Gasteiger partial charge in [-0.25, -0.2) is 0 Å². The smallest absolute Gasteiger partial charge is 0.307 e. The maximum atomic E-state index is 12.4. The minimum atomic E-state index is -0.956. The van der Waals surface area contributed by atoms with E-state index in [2.05, 4.69) is 5.32 Å². The number of benzene rings is 2. The van der Waals surface area contributed by atoms with Gasteiger partial charge in [0.1, 0.15) is 0 Å². The van der Waals surface area contributed by atoms with Gasteiger partial charge in [0.15, 0.2) is 23.4 Å². The third-order valence-electron chi connectivity index (χ3n) is 4.83. The first-order valence-electron chi connectivity index (χ1n) is 9.79. The summed E-state index contributed by atoms with van der Waals surface area (Å²) in [5.41, 5.74) is 3.30. The van der Waals surface area contributed by atoms with Crippen molar-refractivity contribution in [3.8, 4) is 11.5 Å². The van der Waals surface area contributed by atoms with E-state index in [0.717, 1.165) is 16.7 Å². The Hall–Kier alpha value is -3.35. The van der Waals surface area contributed by atoms with Gasteiger partial charge < -0.3 is 19.5 Å². The molecule has 2 aromatic carbocycles. The highest BCUT2D eigenvalue weighted by atomic mass is 16.7. The van der Waals surface area contributed by atoms with E-state index in [1.54, 1.807) is 12.1 Å². The van der Waals surface area contributed by atoms with Gasteiger partial charge in [-0.15, -0.1) is 0 Å². The summed E-state index contributed by atoms with van der Waals surface area (Å²) in [4.78, 5) is 36.7. The summed E-state index contributed by atoms with van der Waals surface area (Å²) in [5, 5.41) is 2.72. The fraction of sp³-hybridized carbons (Fsp3) is 0.348. The first-order valence-corrected chi connectivity index (χ1v) is 9.79. The molecule has 7 nitrogen and oxygen atoms in total. The van der Waals surface area contributed by atoms with E-state index in [-0.39, 0.29) is 32.0 Å². The second-order valence-electron chi connectivity index (χ2n) is 7.28. The number of rotatable bonds is 8. The largest absolute Gasteiger partial charge is 0.454 e. The number of carbonyl (C=O) groups is 3. The molecule has 0 saturated carbocycles. The Morgan fingerprint density at radius 1 is 1.03 bits per heavy atom. The summed E-state index contributed by atoms with van der Waals surface area (Å²) in [6, 6.07) is 11.0. The van der Waals surface area contributed by atoms with Gasteiger partial charge in [0, 0.05) is 18.5 Å². The number of fused-ring (bicyclic) bond motifs is 1. The van der Waals surface area contributed by atoms with Crippen LogP contribution in [0.5, 0.6) is 11.5 Å². The number of carbonyl (C=O) groups excluding carboxylic acids is 3. The van der Waals surface area contributed by atoms with E-state index < -0.39 is 18.0 Å². The monoisotopic (exact) mass is 411 g/mol. The normalized spacial score (nSPS) is 12.9. The molecular weight excluding hydrogens is 386 g/mol. The van der Waals surface area contributed by atoms with Gasteiger partial charge in [-0.05, 0) is 50.1 Å². The van der Waals surface area contributed by atoms with E-state index in [4.69, 9.17) is 14.2 Å². The summed E-state index contributed by atoms with van der Waals surface area (Å²) >= 11 is 0. The first kappa shape index (κ1) is 21.4. The van der Waals surface area contributed by atoms with Crippen LogP contribution in [0.1, 0.15) is 46.8 Å². The molecule has 1 aliphatic rings. The van der Waals surface area contributed by atoms with Crippen molar-refractivity contribution in [2.45, 2.75) is 46.3 Å². The molecule has 0 spiro atoms. The highest BCUT2D eigenvalue weighted by Crippen LogP contribution is 2.32. The molecule has 30 heavy (non-hydrogen) atoms. The molecule has 1 aliphatic heterocycles. The lowest BCUT2D eigenvalue weighted by molar-refractivity contribution is -0.154. The summed E-state index contributed by atoms with van der Waals surface area (Å²) in [6.45, 7) is 5.72. The third-order valence-corrected chi connectivity index (χ3v) is 4.83. The Morgan fingerprint density at radius 2 is 1.80 bits per heavy atom. The number of ketones is 1. The Labute approximate surface area is 175 Å². The molecule has 0 radical (unpaired) electrons. The molecule has 0 saturated heterocycles. The summed E-state index contributed by atoms with van der Waals surface area (Å²) in [7, 11) is 0. The van der Waals surface area contributed by atoms with Crippen molar-refractivity contribution < 1.29 is 28.6 Å². The zero-order valence-corrected chi connectivity index (χ0v) is 17.3. The van der Waals surface area contributed by atoms with Gasteiger partial charge in [0.2, 0.25) is 6.79 Å². The van der Waals surface area contributed by atoms with Crippen LogP contribution in [0, 0.1) is 13.8 Å². The summed E-state index contributed by atoms with van der Waals surface area (Å²) in [5.74, 6) is 0.187. The fourth-order valence-corrected chi connectivity index (χ4v) is 3.08. The number of amides is 1. The van der Waals surface area contributed by atoms with Crippen molar-refractivity contribution >= 4 is 17.7 Å². The SMILES string of the molecule is Cc1ccc(C)c(C(=O)CCC(=O)O[C@H](C)C(=O)NCc2ccc3c(c2)OCO3)c1. The van der Waals surface area contributed by atoms with Gasteiger partial charge >= 0.3 is 5.97 Å². The topological polar surface area (TPSA) is 90.9 Å². The number of hydrogen-bond donors (Lipinski definition) is 1. The van der Waals surface area contributed by atoms with Crippen LogP contribution in [0.25, 0.3) is 0 Å². The molecule has 1 atom stereocenters. The highest BCUT2D eigenvalue weighted by Gasteiger charge is 2.20. The zero-order valence-electron chi connectivity index (χ0n) is 17.3. The van der Waals surface area contributed by atoms with Crippen molar-refractivity contribution in [2.75, 3.05) is 6.79 Å². The maximum absolute atomic E-state index is 12.4. The summed E-state index contributed by atoms with van der Waals surface area (Å²) < 4.78 is 15.7. The first-order chi connectivity index (χ1) is 14.3. The minimum Gasteiger partial charge on any atom is -0.454 e. The predicted octanol–water partition coefficient (Wildman–Crippen LogP) is 3.24. The predicted molar refractivity (Wildman–Crippen MR) is 109 cm³/mol. The number of hydrogen-bond acceptors (Lipinski definition) is 6. The van der Waals surface area contributed by atoms with Gasteiger partial charge in [-0.1, -0.05) is 23.8 Å². The van der Waals surface area contributed by atoms with Crippen LogP contribution in [0.3, 0.4) is 0 Å². The molecule has 2 aromatic rings. The summed E-state index contributed by atoms with van der Waals surface area (Å²) in [6.07, 6.45) is -0.997. The molecule has 1 N–H and O–H groups in total. The van der Waals surface area contributed by atoms with Crippen LogP contribution in [-0.4, -0.2) is 30.6 Å². The minimum absolute atomic E-state index is 0.0364. The Kier molecular flexibility index (Phi) is 6.72. The Bertz CT molecular complexity index is 968. The average molecular weight is 411 g/mol. The second-order valence-corrected chi connectivity index (χ2v) is 7.28. The van der Waals surface area contributed by atoms with E-state index in [1.165, 1.54) is 6.92 Å². The molecule has 0 bridgehead atoms. The molecule has 3 rings (SSSR count). The van der Waals surface area contributed by atoms with E-state index >= 15 is 0 Å². The van der Waals surface area contributed by atoms with Crippen molar-refractivity contribution in [1.29, 1.82) is 0 Å². The van der Waals surface area contributed by atoms with Crippen LogP contribution in [0.15, 0.2) is 36.4 Å². The fourth-order valence-electron chi connectivity index (χ4n) is 3.08. The lowest BCUT2D eigenvalue weighted by atomic mass is 9.99. The molecule has 7 heteroatoms. The lowest BCUT2D eigenvalue weighted by Crippen LogP contribution is -2.35. The molecule has 158 valence electrons. The van der Waals surface area contributed by atoms with Crippen LogP contribution in [0.4, 0.5) is 0 Å². The number of ether oxygens (including phenoxy) is 3. The van der Waals surface area contributed by atoms with Gasteiger partial charge in [-0.2, -0.15) is 0 Å². The molecule has 1 amide bonds. The van der Waals surface area contributed by atoms with Gasteiger partial charge in [-0.3, -0.25) is 14.4 Å². The average Bonchev–Trinajstić information content (AvgIpc) is 3.19. The zero-order chi connectivity index (χ0) is 21.7. The van der Waals surface area contributed by atoms with Crippen molar-refractivity contribution in [3.63, 3.8) is 0 Å². The molecule has 0 unspecified atom stereocenters.